The van der Waals surface area contributed by atoms with E-state index in [1.54, 1.807) is 18.2 Å². The van der Waals surface area contributed by atoms with Crippen LogP contribution in [-0.2, 0) is 12.0 Å². The van der Waals surface area contributed by atoms with E-state index in [1.807, 2.05) is 19.1 Å². The molecule has 1 unspecified atom stereocenters. The van der Waals surface area contributed by atoms with Gasteiger partial charge >= 0.3 is 6.18 Å². The first-order chi connectivity index (χ1) is 12.4. The predicted octanol–water partition coefficient (Wildman–Crippen LogP) is 4.29. The first-order valence-electron chi connectivity index (χ1n) is 8.45. The Morgan fingerprint density at radius 1 is 1.15 bits per heavy atom. The molecule has 2 aromatic carbocycles. The molecule has 2 aliphatic heterocycles. The van der Waals surface area contributed by atoms with Gasteiger partial charge in [0.05, 0.1) is 5.69 Å². The fourth-order valence-corrected chi connectivity index (χ4v) is 4.57. The standard InChI is InChI=1S/C20H15F3N2O/c1-11-6-7-16-14(10-11)12-8-9-25-18(26)13-4-2-3-5-15(13)19(25,17(12)24-16)20(21,22)23/h2-7,10,24H,8-9H2,1H3. The second-order valence-corrected chi connectivity index (χ2v) is 6.99. The lowest BCUT2D eigenvalue weighted by atomic mass is 9.80. The maximum Gasteiger partial charge on any atom is 0.421 e. The molecule has 1 amide bonds. The minimum Gasteiger partial charge on any atom is -0.356 e. The molecule has 3 nitrogen and oxygen atoms in total. The van der Waals surface area contributed by atoms with E-state index in [9.17, 15) is 18.0 Å². The molecule has 1 N–H and O–H groups in total. The average Bonchev–Trinajstić information content (AvgIpc) is 3.09. The molecule has 3 aromatic rings. The zero-order valence-corrected chi connectivity index (χ0v) is 13.9. The number of fused-ring (bicyclic) bond motifs is 7. The Morgan fingerprint density at radius 2 is 1.92 bits per heavy atom. The minimum absolute atomic E-state index is 0.0155. The van der Waals surface area contributed by atoms with E-state index in [1.165, 1.54) is 12.1 Å². The number of carbonyl (C=O) groups excluding carboxylic acids is 1. The number of rotatable bonds is 0. The molecular weight excluding hydrogens is 341 g/mol. The number of amides is 1. The van der Waals surface area contributed by atoms with Crippen molar-refractivity contribution in [3.8, 4) is 0 Å². The number of H-pyrrole nitrogens is 1. The number of hydrogen-bond acceptors (Lipinski definition) is 1. The molecule has 6 heteroatoms. The third kappa shape index (κ3) is 1.62. The summed E-state index contributed by atoms with van der Waals surface area (Å²) in [6.45, 7) is 1.96. The topological polar surface area (TPSA) is 36.1 Å². The molecule has 5 rings (SSSR count). The molecule has 0 bridgehead atoms. The van der Waals surface area contributed by atoms with Crippen LogP contribution in [0.4, 0.5) is 13.2 Å². The van der Waals surface area contributed by atoms with Crippen molar-refractivity contribution in [3.63, 3.8) is 0 Å². The lowest BCUT2D eigenvalue weighted by Crippen LogP contribution is -2.58. The molecule has 0 spiro atoms. The molecule has 1 aromatic heterocycles. The van der Waals surface area contributed by atoms with Crippen molar-refractivity contribution >= 4 is 16.8 Å². The predicted molar refractivity (Wildman–Crippen MR) is 91.1 cm³/mol. The summed E-state index contributed by atoms with van der Waals surface area (Å²) in [5.74, 6) is -0.557. The molecule has 2 aliphatic rings. The molecule has 0 saturated heterocycles. The number of aromatic amines is 1. The monoisotopic (exact) mass is 356 g/mol. The van der Waals surface area contributed by atoms with Crippen LogP contribution in [0.3, 0.4) is 0 Å². The number of aryl methyl sites for hydroxylation is 1. The number of nitrogens with one attached hydrogen (secondary N) is 1. The first-order valence-corrected chi connectivity index (χ1v) is 8.45. The third-order valence-corrected chi connectivity index (χ3v) is 5.62. The zero-order chi connectivity index (χ0) is 18.3. The van der Waals surface area contributed by atoms with Gasteiger partial charge in [0, 0.05) is 28.6 Å². The second-order valence-electron chi connectivity index (χ2n) is 6.99. The molecule has 1 atom stereocenters. The Hall–Kier alpha value is -2.76. The maximum atomic E-state index is 14.6. The summed E-state index contributed by atoms with van der Waals surface area (Å²) in [6, 6.07) is 11.7. The van der Waals surface area contributed by atoms with Crippen molar-refractivity contribution in [2.45, 2.75) is 25.1 Å². The normalized spacial score (nSPS) is 21.7. The Bertz CT molecular complexity index is 1080. The summed E-state index contributed by atoms with van der Waals surface area (Å²) in [5, 5.41) is 0.806. The summed E-state index contributed by atoms with van der Waals surface area (Å²) in [5.41, 5.74) is 0.0982. The van der Waals surface area contributed by atoms with Crippen LogP contribution in [0.2, 0.25) is 0 Å². The van der Waals surface area contributed by atoms with Gasteiger partial charge in [-0.3, -0.25) is 4.79 Å². The molecular formula is C20H15F3N2O. The van der Waals surface area contributed by atoms with Gasteiger partial charge in [-0.1, -0.05) is 29.8 Å². The molecule has 0 radical (unpaired) electrons. The van der Waals surface area contributed by atoms with Gasteiger partial charge in [0.2, 0.25) is 5.54 Å². The number of hydrogen-bond donors (Lipinski definition) is 1. The van der Waals surface area contributed by atoms with Gasteiger partial charge in [-0.05, 0) is 37.1 Å². The summed E-state index contributed by atoms with van der Waals surface area (Å²) >= 11 is 0. The van der Waals surface area contributed by atoms with Crippen molar-refractivity contribution in [3.05, 3.63) is 70.4 Å². The quantitative estimate of drug-likeness (QED) is 0.641. The Kier molecular flexibility index (Phi) is 2.80. The van der Waals surface area contributed by atoms with Crippen LogP contribution in [0.1, 0.15) is 32.7 Å². The minimum atomic E-state index is -4.64. The number of benzene rings is 2. The van der Waals surface area contributed by atoms with Crippen molar-refractivity contribution < 1.29 is 18.0 Å². The maximum absolute atomic E-state index is 14.6. The van der Waals surface area contributed by atoms with Crippen molar-refractivity contribution in [1.82, 2.24) is 9.88 Å². The van der Waals surface area contributed by atoms with E-state index in [4.69, 9.17) is 0 Å². The van der Waals surface area contributed by atoms with Crippen LogP contribution >= 0.6 is 0 Å². The van der Waals surface area contributed by atoms with Crippen molar-refractivity contribution in [2.24, 2.45) is 0 Å². The van der Waals surface area contributed by atoms with Crippen molar-refractivity contribution in [1.29, 1.82) is 0 Å². The fourth-order valence-electron chi connectivity index (χ4n) is 4.57. The van der Waals surface area contributed by atoms with Gasteiger partial charge in [-0.25, -0.2) is 0 Å². The fraction of sp³-hybridized carbons (Fsp3) is 0.250. The Balaban J connectivity index is 1.94. The second kappa shape index (κ2) is 4.69. The lowest BCUT2D eigenvalue weighted by Gasteiger charge is -2.43. The van der Waals surface area contributed by atoms with Gasteiger partial charge in [0.1, 0.15) is 0 Å². The average molecular weight is 356 g/mol. The highest BCUT2D eigenvalue weighted by Gasteiger charge is 2.69. The van der Waals surface area contributed by atoms with Gasteiger partial charge in [0.25, 0.3) is 5.91 Å². The summed E-state index contributed by atoms with van der Waals surface area (Å²) in [7, 11) is 0. The van der Waals surface area contributed by atoms with E-state index in [-0.39, 0.29) is 23.4 Å². The number of alkyl halides is 3. The van der Waals surface area contributed by atoms with Crippen LogP contribution in [0, 0.1) is 6.92 Å². The van der Waals surface area contributed by atoms with Crippen LogP contribution in [0.15, 0.2) is 42.5 Å². The SMILES string of the molecule is Cc1ccc2[nH]c3c(c2c1)CCN1C(=O)c2ccccc2C31C(F)(F)F. The molecule has 26 heavy (non-hydrogen) atoms. The smallest absolute Gasteiger partial charge is 0.356 e. The Morgan fingerprint density at radius 3 is 2.69 bits per heavy atom. The molecule has 3 heterocycles. The highest BCUT2D eigenvalue weighted by atomic mass is 19.4. The van der Waals surface area contributed by atoms with E-state index in [0.29, 0.717) is 17.5 Å². The first kappa shape index (κ1) is 15.5. The van der Waals surface area contributed by atoms with Crippen LogP contribution in [0.5, 0.6) is 0 Å². The molecule has 0 aliphatic carbocycles. The molecule has 132 valence electrons. The van der Waals surface area contributed by atoms with Crippen molar-refractivity contribution in [2.75, 3.05) is 6.54 Å². The van der Waals surface area contributed by atoms with Crippen LogP contribution in [0.25, 0.3) is 10.9 Å². The highest BCUT2D eigenvalue weighted by molar-refractivity contribution is 6.02. The lowest BCUT2D eigenvalue weighted by molar-refractivity contribution is -0.213. The number of aromatic nitrogens is 1. The summed E-state index contributed by atoms with van der Waals surface area (Å²) < 4.78 is 43.8. The number of nitrogens with zero attached hydrogens (tertiary/aromatic N) is 1. The van der Waals surface area contributed by atoms with Gasteiger partial charge < -0.3 is 9.88 Å². The zero-order valence-electron chi connectivity index (χ0n) is 13.9. The number of halogens is 3. The van der Waals surface area contributed by atoms with Gasteiger partial charge in [-0.2, -0.15) is 13.2 Å². The van der Waals surface area contributed by atoms with E-state index < -0.39 is 17.6 Å². The summed E-state index contributed by atoms with van der Waals surface area (Å²) in [4.78, 5) is 16.8. The molecule has 0 fully saturated rings. The van der Waals surface area contributed by atoms with Gasteiger partial charge in [-0.15, -0.1) is 0 Å². The Labute approximate surface area is 147 Å². The number of carbonyl (C=O) groups is 1. The van der Waals surface area contributed by atoms with E-state index in [2.05, 4.69) is 4.98 Å². The van der Waals surface area contributed by atoms with E-state index in [0.717, 1.165) is 15.8 Å². The van der Waals surface area contributed by atoms with Crippen LogP contribution in [-0.4, -0.2) is 28.5 Å². The van der Waals surface area contributed by atoms with Gasteiger partial charge in [0.15, 0.2) is 0 Å². The third-order valence-electron chi connectivity index (χ3n) is 5.62. The molecule has 0 saturated carbocycles. The highest BCUT2D eigenvalue weighted by Crippen LogP contribution is 2.56. The summed E-state index contributed by atoms with van der Waals surface area (Å²) in [6.07, 6.45) is -4.24. The van der Waals surface area contributed by atoms with E-state index >= 15 is 0 Å². The van der Waals surface area contributed by atoms with Crippen LogP contribution < -0.4 is 0 Å². The largest absolute Gasteiger partial charge is 0.421 e.